The van der Waals surface area contributed by atoms with Gasteiger partial charge < -0.3 is 32.1 Å². The largest absolute Gasteiger partial charge is 0.481 e. The molecular formula is C24H35N5O6. The molecule has 1 heterocycles. The number of hydrogen-bond donors (Lipinski definition) is 5. The van der Waals surface area contributed by atoms with Crippen LogP contribution >= 0.6 is 0 Å². The van der Waals surface area contributed by atoms with Gasteiger partial charge in [-0.15, -0.1) is 0 Å². The fraction of sp³-hybridized carbons (Fsp3) is 0.542. The standard InChI is InChI=1S/C24H35N5O6/c1-14(2)11-16(25)22(33)27-17(13-20(30)31)23(34)28-18(12-15-7-4-3-5-8-15)24(35)29-10-6-9-19(29)21(26)32/h3-5,7-8,14,16-19H,6,9-13,25H2,1-2H3,(H2,26,32)(H,27,33)(H,28,34)(H,30,31)/t16-,17-,18-,19+/m0/s1. The summed E-state index contributed by atoms with van der Waals surface area (Å²) in [5.74, 6) is -3.80. The average Bonchev–Trinajstić information content (AvgIpc) is 3.28. The summed E-state index contributed by atoms with van der Waals surface area (Å²) in [6.07, 6.45) is 0.793. The van der Waals surface area contributed by atoms with Crippen LogP contribution in [-0.2, 0) is 30.4 Å². The van der Waals surface area contributed by atoms with Crippen molar-refractivity contribution in [2.75, 3.05) is 6.54 Å². The first-order valence-corrected chi connectivity index (χ1v) is 11.7. The van der Waals surface area contributed by atoms with Gasteiger partial charge in [-0.25, -0.2) is 0 Å². The van der Waals surface area contributed by atoms with Gasteiger partial charge in [-0.3, -0.25) is 24.0 Å². The molecule has 1 aliphatic heterocycles. The number of aliphatic carboxylic acids is 1. The molecule has 2 rings (SSSR count). The lowest BCUT2D eigenvalue weighted by atomic mass is 10.0. The van der Waals surface area contributed by atoms with Crippen molar-refractivity contribution in [3.8, 4) is 0 Å². The number of nitrogens with zero attached hydrogens (tertiary/aromatic N) is 1. The summed E-state index contributed by atoms with van der Waals surface area (Å²) in [5.41, 5.74) is 12.1. The van der Waals surface area contributed by atoms with Crippen molar-refractivity contribution in [1.82, 2.24) is 15.5 Å². The maximum Gasteiger partial charge on any atom is 0.305 e. The molecule has 11 nitrogen and oxygen atoms in total. The smallest absolute Gasteiger partial charge is 0.305 e. The summed E-state index contributed by atoms with van der Waals surface area (Å²) in [7, 11) is 0. The Bertz CT molecular complexity index is 922. The van der Waals surface area contributed by atoms with E-state index in [-0.39, 0.29) is 12.3 Å². The highest BCUT2D eigenvalue weighted by atomic mass is 16.4. The van der Waals surface area contributed by atoms with Gasteiger partial charge in [0, 0.05) is 13.0 Å². The van der Waals surface area contributed by atoms with Gasteiger partial charge in [0.2, 0.25) is 23.6 Å². The van der Waals surface area contributed by atoms with Crippen LogP contribution in [0.3, 0.4) is 0 Å². The van der Waals surface area contributed by atoms with Gasteiger partial charge in [-0.2, -0.15) is 0 Å². The van der Waals surface area contributed by atoms with Crippen LogP contribution in [0, 0.1) is 5.92 Å². The van der Waals surface area contributed by atoms with Crippen LogP contribution in [0.2, 0.25) is 0 Å². The Morgan fingerprint density at radius 1 is 1.06 bits per heavy atom. The molecule has 7 N–H and O–H groups in total. The van der Waals surface area contributed by atoms with Gasteiger partial charge in [-0.1, -0.05) is 44.2 Å². The minimum atomic E-state index is -1.44. The maximum absolute atomic E-state index is 13.4. The summed E-state index contributed by atoms with van der Waals surface area (Å²) >= 11 is 0. The van der Waals surface area contributed by atoms with E-state index in [4.69, 9.17) is 11.5 Å². The molecule has 4 atom stereocenters. The van der Waals surface area contributed by atoms with E-state index in [1.807, 2.05) is 13.8 Å². The van der Waals surface area contributed by atoms with E-state index >= 15 is 0 Å². The van der Waals surface area contributed by atoms with Crippen molar-refractivity contribution in [3.05, 3.63) is 35.9 Å². The number of carbonyl (C=O) groups is 5. The molecule has 1 aromatic carbocycles. The number of carboxylic acids is 1. The number of primary amides is 1. The first-order valence-electron chi connectivity index (χ1n) is 11.7. The molecule has 11 heteroatoms. The van der Waals surface area contributed by atoms with Gasteiger partial charge in [0.15, 0.2) is 0 Å². The van der Waals surface area contributed by atoms with E-state index < -0.39 is 60.2 Å². The third-order valence-corrected chi connectivity index (χ3v) is 5.84. The van der Waals surface area contributed by atoms with Crippen LogP contribution in [0.15, 0.2) is 30.3 Å². The number of likely N-dealkylation sites (tertiary alicyclic amines) is 1. The van der Waals surface area contributed by atoms with E-state index in [0.29, 0.717) is 25.8 Å². The van der Waals surface area contributed by atoms with Crippen LogP contribution in [0.25, 0.3) is 0 Å². The predicted molar refractivity (Wildman–Crippen MR) is 128 cm³/mol. The SMILES string of the molecule is CC(C)C[C@H](N)C(=O)N[C@@H](CC(=O)O)C(=O)N[C@@H](Cc1ccccc1)C(=O)N1CCC[C@@H]1C(N)=O. The summed E-state index contributed by atoms with van der Waals surface area (Å²) in [4.78, 5) is 63.5. The van der Waals surface area contributed by atoms with Gasteiger partial charge in [0.25, 0.3) is 0 Å². The molecule has 0 spiro atoms. The lowest BCUT2D eigenvalue weighted by Crippen LogP contribution is -2.58. The Balaban J connectivity index is 2.24. The van der Waals surface area contributed by atoms with Gasteiger partial charge in [0.05, 0.1) is 12.5 Å². The predicted octanol–water partition coefficient (Wildman–Crippen LogP) is -0.477. The molecule has 0 aliphatic carbocycles. The second-order valence-corrected chi connectivity index (χ2v) is 9.24. The highest BCUT2D eigenvalue weighted by Crippen LogP contribution is 2.19. The number of benzene rings is 1. The van der Waals surface area contributed by atoms with Crippen molar-refractivity contribution in [2.24, 2.45) is 17.4 Å². The van der Waals surface area contributed by atoms with E-state index in [1.165, 1.54) is 4.90 Å². The molecule has 0 radical (unpaired) electrons. The van der Waals surface area contributed by atoms with Crippen molar-refractivity contribution in [2.45, 2.75) is 70.1 Å². The quantitative estimate of drug-likeness (QED) is 0.262. The molecule has 0 bridgehead atoms. The third-order valence-electron chi connectivity index (χ3n) is 5.84. The Morgan fingerprint density at radius 3 is 2.26 bits per heavy atom. The van der Waals surface area contributed by atoms with Crippen LogP contribution < -0.4 is 22.1 Å². The molecule has 1 saturated heterocycles. The zero-order valence-corrected chi connectivity index (χ0v) is 20.1. The van der Waals surface area contributed by atoms with Crippen molar-refractivity contribution in [3.63, 3.8) is 0 Å². The molecule has 4 amide bonds. The number of hydrogen-bond acceptors (Lipinski definition) is 6. The summed E-state index contributed by atoms with van der Waals surface area (Å²) in [6.45, 7) is 4.07. The fourth-order valence-corrected chi connectivity index (χ4v) is 4.13. The first-order chi connectivity index (χ1) is 16.5. The molecule has 35 heavy (non-hydrogen) atoms. The van der Waals surface area contributed by atoms with Gasteiger partial charge in [0.1, 0.15) is 18.1 Å². The molecule has 1 aliphatic rings. The molecule has 0 aromatic heterocycles. The zero-order valence-electron chi connectivity index (χ0n) is 20.1. The number of carbonyl (C=O) groups excluding carboxylic acids is 4. The summed E-state index contributed by atoms with van der Waals surface area (Å²) in [6, 6.07) is 4.71. The zero-order chi connectivity index (χ0) is 26.1. The number of amides is 4. The number of nitrogens with one attached hydrogen (secondary N) is 2. The number of carboxylic acid groups (broad SMARTS) is 1. The van der Waals surface area contributed by atoms with E-state index in [1.54, 1.807) is 30.3 Å². The maximum atomic E-state index is 13.4. The van der Waals surface area contributed by atoms with E-state index in [9.17, 15) is 29.1 Å². The highest BCUT2D eigenvalue weighted by molar-refractivity contribution is 5.96. The second kappa shape index (κ2) is 12.8. The Labute approximate surface area is 204 Å². The monoisotopic (exact) mass is 489 g/mol. The molecule has 0 unspecified atom stereocenters. The normalized spacial score (nSPS) is 17.9. The third kappa shape index (κ3) is 8.36. The second-order valence-electron chi connectivity index (χ2n) is 9.24. The van der Waals surface area contributed by atoms with Crippen molar-refractivity contribution < 1.29 is 29.1 Å². The average molecular weight is 490 g/mol. The van der Waals surface area contributed by atoms with Crippen LogP contribution in [0.4, 0.5) is 0 Å². The summed E-state index contributed by atoms with van der Waals surface area (Å²) < 4.78 is 0. The van der Waals surface area contributed by atoms with Crippen molar-refractivity contribution >= 4 is 29.6 Å². The first kappa shape index (κ1) is 27.8. The topological polar surface area (TPSA) is 185 Å². The van der Waals surface area contributed by atoms with E-state index in [0.717, 1.165) is 5.56 Å². The Hall–Kier alpha value is -3.47. The minimum Gasteiger partial charge on any atom is -0.481 e. The number of nitrogens with two attached hydrogens (primary N) is 2. The molecule has 0 saturated carbocycles. The van der Waals surface area contributed by atoms with Crippen LogP contribution in [0.5, 0.6) is 0 Å². The summed E-state index contributed by atoms with van der Waals surface area (Å²) in [5, 5.41) is 14.3. The fourth-order valence-electron chi connectivity index (χ4n) is 4.13. The molecule has 192 valence electrons. The molecular weight excluding hydrogens is 454 g/mol. The molecule has 1 aromatic rings. The van der Waals surface area contributed by atoms with E-state index in [2.05, 4.69) is 10.6 Å². The lowest BCUT2D eigenvalue weighted by Gasteiger charge is -2.29. The Morgan fingerprint density at radius 2 is 1.69 bits per heavy atom. The number of rotatable bonds is 12. The highest BCUT2D eigenvalue weighted by Gasteiger charge is 2.38. The van der Waals surface area contributed by atoms with Gasteiger partial charge in [-0.05, 0) is 30.7 Å². The molecule has 1 fully saturated rings. The lowest BCUT2D eigenvalue weighted by molar-refractivity contribution is -0.143. The van der Waals surface area contributed by atoms with Crippen molar-refractivity contribution in [1.29, 1.82) is 0 Å². The minimum absolute atomic E-state index is 0.105. The van der Waals surface area contributed by atoms with Gasteiger partial charge >= 0.3 is 5.97 Å². The Kier molecular flexibility index (Phi) is 10.2. The van der Waals surface area contributed by atoms with Crippen LogP contribution in [0.1, 0.15) is 45.1 Å². The van der Waals surface area contributed by atoms with Crippen LogP contribution in [-0.4, -0.2) is 70.3 Å².